The maximum atomic E-state index is 12.6. The van der Waals surface area contributed by atoms with Gasteiger partial charge in [0.2, 0.25) is 5.91 Å². The van der Waals surface area contributed by atoms with Crippen molar-refractivity contribution in [2.24, 2.45) is 7.05 Å². The highest BCUT2D eigenvalue weighted by atomic mass is 16.2. The van der Waals surface area contributed by atoms with Gasteiger partial charge in [0.1, 0.15) is 5.65 Å². The predicted octanol–water partition coefficient (Wildman–Crippen LogP) is 7.18. The number of H-pyrrole nitrogens is 1. The molecule has 1 N–H and O–H groups in total. The Morgan fingerprint density at radius 2 is 1.70 bits per heavy atom. The zero-order valence-electron chi connectivity index (χ0n) is 26.0. The van der Waals surface area contributed by atoms with E-state index in [0.29, 0.717) is 5.92 Å². The van der Waals surface area contributed by atoms with E-state index in [2.05, 4.69) is 84.9 Å². The van der Waals surface area contributed by atoms with Crippen molar-refractivity contribution in [2.45, 2.75) is 39.5 Å². The molecule has 0 unspecified atom stereocenters. The molecule has 0 spiro atoms. The number of likely N-dealkylation sites (N-methyl/N-ethyl adjacent to an activating group) is 1. The average molecular weight is 573 g/mol. The van der Waals surface area contributed by atoms with Crippen molar-refractivity contribution in [3.63, 3.8) is 0 Å². The number of rotatable bonds is 6. The van der Waals surface area contributed by atoms with E-state index < -0.39 is 0 Å². The normalized spacial score (nSPS) is 14.4. The van der Waals surface area contributed by atoms with Crippen molar-refractivity contribution in [3.8, 4) is 33.5 Å². The second-order valence-corrected chi connectivity index (χ2v) is 12.0. The number of carbonyl (C=O) groups excluding carboxylic acids is 1. The number of amides is 1. The van der Waals surface area contributed by atoms with Crippen molar-refractivity contribution in [2.75, 3.05) is 32.1 Å². The van der Waals surface area contributed by atoms with Crippen LogP contribution in [0.1, 0.15) is 41.1 Å². The first kappa shape index (κ1) is 28.6. The third-order valence-electron chi connectivity index (χ3n) is 9.36. The summed E-state index contributed by atoms with van der Waals surface area (Å²) < 4.78 is 1.90. The highest BCUT2D eigenvalue weighted by Gasteiger charge is 2.23. The van der Waals surface area contributed by atoms with Gasteiger partial charge >= 0.3 is 0 Å². The molecule has 4 heterocycles. The summed E-state index contributed by atoms with van der Waals surface area (Å²) >= 11 is 0. The molecule has 1 fully saturated rings. The number of benzene rings is 2. The number of aromatic amines is 1. The molecule has 0 atom stereocenters. The van der Waals surface area contributed by atoms with Crippen molar-refractivity contribution >= 4 is 22.6 Å². The zero-order chi connectivity index (χ0) is 30.4. The Morgan fingerprint density at radius 1 is 1.00 bits per heavy atom. The Labute approximate surface area is 253 Å². The lowest BCUT2D eigenvalue weighted by atomic mass is 9.88. The first-order valence-corrected chi connectivity index (χ1v) is 15.0. The fourth-order valence-electron chi connectivity index (χ4n) is 6.49. The first-order valence-electron chi connectivity index (χ1n) is 15.0. The number of hydrogen-bond donors (Lipinski definition) is 1. The molecule has 7 nitrogen and oxygen atoms in total. The summed E-state index contributed by atoms with van der Waals surface area (Å²) in [6, 6.07) is 15.4. The number of nitrogens with one attached hydrogen (secondary N) is 1. The molecule has 6 rings (SSSR count). The fourth-order valence-corrected chi connectivity index (χ4v) is 6.49. The number of likely N-dealkylation sites (tertiary alicyclic amines) is 1. The third kappa shape index (κ3) is 5.08. The number of aryl methyl sites for hydroxylation is 3. The van der Waals surface area contributed by atoms with Crippen LogP contribution in [0.25, 0.3) is 44.5 Å². The minimum atomic E-state index is -0.143. The number of nitrogens with zero attached hydrogens (tertiary/aromatic N) is 5. The van der Waals surface area contributed by atoms with Gasteiger partial charge in [0.25, 0.3) is 0 Å². The van der Waals surface area contributed by atoms with Crippen LogP contribution in [-0.2, 0) is 11.8 Å². The molecule has 5 aromatic rings. The first-order chi connectivity index (χ1) is 20.7. The van der Waals surface area contributed by atoms with Gasteiger partial charge in [-0.2, -0.15) is 5.10 Å². The quantitative estimate of drug-likeness (QED) is 0.219. The summed E-state index contributed by atoms with van der Waals surface area (Å²) in [5, 5.41) is 5.57. The molecule has 7 heteroatoms. The van der Waals surface area contributed by atoms with Gasteiger partial charge in [-0.3, -0.25) is 9.48 Å². The number of fused-ring (bicyclic) bond motifs is 1. The molecule has 43 heavy (non-hydrogen) atoms. The molecule has 3 aromatic heterocycles. The molecule has 1 amide bonds. The van der Waals surface area contributed by atoms with Gasteiger partial charge in [-0.15, -0.1) is 0 Å². The van der Waals surface area contributed by atoms with Crippen LogP contribution in [-0.4, -0.2) is 57.7 Å². The van der Waals surface area contributed by atoms with E-state index >= 15 is 0 Å². The van der Waals surface area contributed by atoms with Crippen molar-refractivity contribution in [1.29, 1.82) is 0 Å². The zero-order valence-corrected chi connectivity index (χ0v) is 26.0. The van der Waals surface area contributed by atoms with E-state index in [4.69, 9.17) is 4.98 Å². The van der Waals surface area contributed by atoms with E-state index in [-0.39, 0.29) is 5.91 Å². The van der Waals surface area contributed by atoms with Gasteiger partial charge in [0.15, 0.2) is 0 Å². The number of anilines is 1. The summed E-state index contributed by atoms with van der Waals surface area (Å²) in [6.07, 6.45) is 7.60. The number of aromatic nitrogens is 4. The van der Waals surface area contributed by atoms with Crippen LogP contribution in [0.3, 0.4) is 0 Å². The summed E-state index contributed by atoms with van der Waals surface area (Å²) in [5.41, 5.74) is 12.7. The molecular formula is C36H40N6O. The Kier molecular flexibility index (Phi) is 7.52. The molecule has 220 valence electrons. The Hall–Kier alpha value is -4.49. The van der Waals surface area contributed by atoms with E-state index in [0.717, 1.165) is 80.1 Å². The van der Waals surface area contributed by atoms with E-state index in [1.54, 1.807) is 11.9 Å². The number of piperidine rings is 1. The van der Waals surface area contributed by atoms with Gasteiger partial charge in [-0.05, 0) is 99.6 Å². The van der Waals surface area contributed by atoms with Gasteiger partial charge in [-0.1, -0.05) is 43.0 Å². The van der Waals surface area contributed by atoms with E-state index in [1.807, 2.05) is 31.0 Å². The minimum absolute atomic E-state index is 0.143. The van der Waals surface area contributed by atoms with Gasteiger partial charge < -0.3 is 14.8 Å². The molecule has 1 aliphatic rings. The standard InChI is InChI=1S/C36H40N6O/c1-8-32(43)41(6)31-19-28(10-9-22(31)2)34-33-23(3)29(30-21-38-42(7)24(30)4)20-37-36(33)39-35(34)27-13-11-25(12-14-27)26-15-17-40(5)18-16-26/h8-14,19-21,26H,1,15-18H2,2-7H3,(H,37,39). The van der Waals surface area contributed by atoms with Crippen LogP contribution < -0.4 is 4.90 Å². The summed E-state index contributed by atoms with van der Waals surface area (Å²) in [4.78, 5) is 25.3. The molecule has 2 aromatic carbocycles. The van der Waals surface area contributed by atoms with Gasteiger partial charge in [0.05, 0.1) is 11.9 Å². The SMILES string of the molecule is C=CC(=O)N(C)c1cc(-c2c(-c3ccc(C4CCN(C)CC4)cc3)[nH]c3ncc(-c4cnn(C)c4C)c(C)c23)ccc1C. The molecule has 0 aliphatic carbocycles. The Morgan fingerprint density at radius 3 is 2.35 bits per heavy atom. The molecule has 1 aliphatic heterocycles. The van der Waals surface area contributed by atoms with Crippen molar-refractivity contribution in [3.05, 3.63) is 89.9 Å². The highest BCUT2D eigenvalue weighted by molar-refractivity contribution is 6.07. The van der Waals surface area contributed by atoms with Crippen LogP contribution in [0, 0.1) is 20.8 Å². The fraction of sp³-hybridized carbons (Fsp3) is 0.306. The largest absolute Gasteiger partial charge is 0.339 e. The maximum Gasteiger partial charge on any atom is 0.250 e. The number of pyridine rings is 1. The number of carbonyl (C=O) groups is 1. The van der Waals surface area contributed by atoms with Crippen molar-refractivity contribution < 1.29 is 4.79 Å². The maximum absolute atomic E-state index is 12.6. The monoisotopic (exact) mass is 572 g/mol. The van der Waals surface area contributed by atoms with E-state index in [9.17, 15) is 4.79 Å². The highest BCUT2D eigenvalue weighted by Crippen LogP contribution is 2.43. The average Bonchev–Trinajstić information content (AvgIpc) is 3.57. The molecule has 0 bridgehead atoms. The van der Waals surface area contributed by atoms with Crippen LogP contribution in [0.4, 0.5) is 5.69 Å². The lowest BCUT2D eigenvalue weighted by Gasteiger charge is -2.29. The molecular weight excluding hydrogens is 532 g/mol. The summed E-state index contributed by atoms with van der Waals surface area (Å²) in [5.74, 6) is 0.454. The summed E-state index contributed by atoms with van der Waals surface area (Å²) in [7, 11) is 5.96. The molecule has 1 saturated heterocycles. The van der Waals surface area contributed by atoms with Crippen LogP contribution in [0.2, 0.25) is 0 Å². The third-order valence-corrected chi connectivity index (χ3v) is 9.36. The molecule has 0 radical (unpaired) electrons. The van der Waals surface area contributed by atoms with Crippen LogP contribution in [0.5, 0.6) is 0 Å². The topological polar surface area (TPSA) is 70.1 Å². The van der Waals surface area contributed by atoms with Crippen molar-refractivity contribution in [1.82, 2.24) is 24.6 Å². The lowest BCUT2D eigenvalue weighted by molar-refractivity contribution is -0.113. The number of hydrogen-bond acceptors (Lipinski definition) is 4. The summed E-state index contributed by atoms with van der Waals surface area (Å²) in [6.45, 7) is 12.2. The Bertz CT molecular complexity index is 1840. The second kappa shape index (κ2) is 11.3. The van der Waals surface area contributed by atoms with Gasteiger partial charge in [-0.25, -0.2) is 4.98 Å². The van der Waals surface area contributed by atoms with Crippen LogP contribution >= 0.6 is 0 Å². The smallest absolute Gasteiger partial charge is 0.250 e. The Balaban J connectivity index is 1.55. The lowest BCUT2D eigenvalue weighted by Crippen LogP contribution is -2.29. The van der Waals surface area contributed by atoms with Crippen LogP contribution in [0.15, 0.2) is 67.5 Å². The van der Waals surface area contributed by atoms with Gasteiger partial charge in [0, 0.05) is 53.8 Å². The molecule has 0 saturated carbocycles. The van der Waals surface area contributed by atoms with E-state index in [1.165, 1.54) is 24.5 Å². The minimum Gasteiger partial charge on any atom is -0.339 e. The predicted molar refractivity (Wildman–Crippen MR) is 176 cm³/mol. The second-order valence-electron chi connectivity index (χ2n) is 12.0.